The molecule has 0 bridgehead atoms. The highest BCUT2D eigenvalue weighted by atomic mass is 16.5. The van der Waals surface area contributed by atoms with E-state index < -0.39 is 0 Å². The first kappa shape index (κ1) is 13.7. The fourth-order valence-corrected chi connectivity index (χ4v) is 1.96. The van der Waals surface area contributed by atoms with Gasteiger partial charge in [0.05, 0.1) is 7.11 Å². The molecule has 0 saturated heterocycles. The van der Waals surface area contributed by atoms with Gasteiger partial charge in [0.1, 0.15) is 17.2 Å². The van der Waals surface area contributed by atoms with E-state index in [1.807, 2.05) is 0 Å². The summed E-state index contributed by atoms with van der Waals surface area (Å²) in [5, 5.41) is 21.7. The molecule has 2 rings (SSSR count). The average molecular weight is 273 g/mol. The van der Waals surface area contributed by atoms with Gasteiger partial charge < -0.3 is 20.3 Å². The third kappa shape index (κ3) is 3.00. The van der Waals surface area contributed by atoms with Gasteiger partial charge in [-0.15, -0.1) is 0 Å². The number of nitrogens with one attached hydrogen (secondary N) is 1. The number of aromatic hydroxyl groups is 2. The van der Waals surface area contributed by atoms with Crippen LogP contribution in [0.4, 0.5) is 5.69 Å². The van der Waals surface area contributed by atoms with Gasteiger partial charge in [0, 0.05) is 30.3 Å². The number of benzene rings is 2. The highest BCUT2D eigenvalue weighted by Gasteiger charge is 2.09. The lowest BCUT2D eigenvalue weighted by Gasteiger charge is -2.12. The first-order valence-corrected chi connectivity index (χ1v) is 5.98. The van der Waals surface area contributed by atoms with Crippen molar-refractivity contribution in [3.8, 4) is 28.4 Å². The number of carbonyl (C=O) groups excluding carboxylic acids is 1. The Hall–Kier alpha value is -2.69. The zero-order valence-electron chi connectivity index (χ0n) is 11.2. The van der Waals surface area contributed by atoms with Crippen molar-refractivity contribution < 1.29 is 19.7 Å². The Balaban J connectivity index is 2.48. The summed E-state index contributed by atoms with van der Waals surface area (Å²) in [6, 6.07) is 9.45. The first-order chi connectivity index (χ1) is 9.49. The number of hydrogen-bond acceptors (Lipinski definition) is 4. The van der Waals surface area contributed by atoms with Gasteiger partial charge in [-0.1, -0.05) is 0 Å². The molecule has 2 aromatic rings. The Morgan fingerprint density at radius 3 is 2.30 bits per heavy atom. The molecule has 0 spiro atoms. The number of phenols is 2. The molecule has 20 heavy (non-hydrogen) atoms. The molecule has 0 heterocycles. The number of methoxy groups -OCH3 is 1. The number of amides is 1. The standard InChI is InChI=1S/C15H15NO4/c1-9(17)16-11-3-4-14(15(7-11)20-2)10-5-12(18)8-13(19)6-10/h3-8,18-19H,1-2H3,(H,16,17). The van der Waals surface area contributed by atoms with Crippen LogP contribution in [0.5, 0.6) is 17.2 Å². The third-order valence-electron chi connectivity index (χ3n) is 2.74. The molecule has 104 valence electrons. The van der Waals surface area contributed by atoms with Gasteiger partial charge in [0.25, 0.3) is 0 Å². The fourth-order valence-electron chi connectivity index (χ4n) is 1.96. The molecule has 0 aromatic heterocycles. The molecule has 0 aliphatic rings. The van der Waals surface area contributed by atoms with Crippen LogP contribution in [0.15, 0.2) is 36.4 Å². The third-order valence-corrected chi connectivity index (χ3v) is 2.74. The van der Waals surface area contributed by atoms with Crippen LogP contribution in [0, 0.1) is 0 Å². The summed E-state index contributed by atoms with van der Waals surface area (Å²) in [5.74, 6) is 0.289. The van der Waals surface area contributed by atoms with E-state index in [4.69, 9.17) is 4.74 Å². The van der Waals surface area contributed by atoms with Crippen LogP contribution in [0.3, 0.4) is 0 Å². The lowest BCUT2D eigenvalue weighted by molar-refractivity contribution is -0.114. The summed E-state index contributed by atoms with van der Waals surface area (Å²) in [4.78, 5) is 11.0. The molecule has 0 atom stereocenters. The van der Waals surface area contributed by atoms with Gasteiger partial charge >= 0.3 is 0 Å². The molecule has 5 nitrogen and oxygen atoms in total. The van der Waals surface area contributed by atoms with Crippen molar-refractivity contribution in [3.05, 3.63) is 36.4 Å². The molecule has 0 radical (unpaired) electrons. The topological polar surface area (TPSA) is 78.8 Å². The van der Waals surface area contributed by atoms with Gasteiger partial charge in [0.15, 0.2) is 0 Å². The van der Waals surface area contributed by atoms with Crippen molar-refractivity contribution in [3.63, 3.8) is 0 Å². The number of ether oxygens (including phenoxy) is 1. The van der Waals surface area contributed by atoms with E-state index in [1.165, 1.54) is 32.2 Å². The average Bonchev–Trinajstić information content (AvgIpc) is 2.36. The quantitative estimate of drug-likeness (QED) is 0.803. The molecule has 0 aliphatic heterocycles. The summed E-state index contributed by atoms with van der Waals surface area (Å²) in [5.41, 5.74) is 1.93. The minimum Gasteiger partial charge on any atom is -0.508 e. The van der Waals surface area contributed by atoms with Crippen LogP contribution >= 0.6 is 0 Å². The monoisotopic (exact) mass is 273 g/mol. The highest BCUT2D eigenvalue weighted by molar-refractivity contribution is 5.89. The zero-order chi connectivity index (χ0) is 14.7. The second-order valence-electron chi connectivity index (χ2n) is 4.33. The van der Waals surface area contributed by atoms with Gasteiger partial charge in [-0.25, -0.2) is 0 Å². The van der Waals surface area contributed by atoms with Gasteiger partial charge in [-0.2, -0.15) is 0 Å². The Labute approximate surface area is 116 Å². The SMILES string of the molecule is COc1cc(NC(C)=O)ccc1-c1cc(O)cc(O)c1. The van der Waals surface area contributed by atoms with Gasteiger partial charge in [0.2, 0.25) is 5.91 Å². The molecule has 0 unspecified atom stereocenters. The molecule has 2 aromatic carbocycles. The van der Waals surface area contributed by atoms with Crippen molar-refractivity contribution in [2.24, 2.45) is 0 Å². The minimum absolute atomic E-state index is 0.0343. The van der Waals surface area contributed by atoms with E-state index in [-0.39, 0.29) is 17.4 Å². The minimum atomic E-state index is -0.171. The number of carbonyl (C=O) groups is 1. The highest BCUT2D eigenvalue weighted by Crippen LogP contribution is 2.36. The first-order valence-electron chi connectivity index (χ1n) is 5.98. The predicted octanol–water partition coefficient (Wildman–Crippen LogP) is 2.73. The predicted molar refractivity (Wildman–Crippen MR) is 76.1 cm³/mol. The van der Waals surface area contributed by atoms with Crippen molar-refractivity contribution >= 4 is 11.6 Å². The largest absolute Gasteiger partial charge is 0.508 e. The second kappa shape index (κ2) is 5.52. The van der Waals surface area contributed by atoms with Crippen LogP contribution < -0.4 is 10.1 Å². The smallest absolute Gasteiger partial charge is 0.221 e. The molecule has 1 amide bonds. The van der Waals surface area contributed by atoms with Crippen LogP contribution in [-0.2, 0) is 4.79 Å². The Bertz CT molecular complexity index is 632. The number of hydrogen-bond donors (Lipinski definition) is 3. The van der Waals surface area contributed by atoms with Crippen molar-refractivity contribution in [2.45, 2.75) is 6.92 Å². The van der Waals surface area contributed by atoms with E-state index in [1.54, 1.807) is 18.2 Å². The molecule has 3 N–H and O–H groups in total. The Morgan fingerprint density at radius 2 is 1.75 bits per heavy atom. The van der Waals surface area contributed by atoms with E-state index in [9.17, 15) is 15.0 Å². The second-order valence-corrected chi connectivity index (χ2v) is 4.33. The van der Waals surface area contributed by atoms with Crippen molar-refractivity contribution in [2.75, 3.05) is 12.4 Å². The van der Waals surface area contributed by atoms with E-state index >= 15 is 0 Å². The summed E-state index contributed by atoms with van der Waals surface area (Å²) in [6.07, 6.45) is 0. The van der Waals surface area contributed by atoms with Crippen molar-refractivity contribution in [1.29, 1.82) is 0 Å². The molecule has 0 saturated carbocycles. The fraction of sp³-hybridized carbons (Fsp3) is 0.133. The number of rotatable bonds is 3. The molecular weight excluding hydrogens is 258 g/mol. The Kier molecular flexibility index (Phi) is 3.79. The van der Waals surface area contributed by atoms with Crippen LogP contribution in [0.1, 0.15) is 6.92 Å². The van der Waals surface area contributed by atoms with Crippen LogP contribution in [0.25, 0.3) is 11.1 Å². The number of phenolic OH excluding ortho intramolecular Hbond substituents is 2. The van der Waals surface area contributed by atoms with Crippen LogP contribution in [0.2, 0.25) is 0 Å². The lowest BCUT2D eigenvalue weighted by Crippen LogP contribution is -2.05. The molecule has 0 fully saturated rings. The maximum Gasteiger partial charge on any atom is 0.221 e. The number of anilines is 1. The van der Waals surface area contributed by atoms with Gasteiger partial charge in [-0.3, -0.25) is 4.79 Å². The Morgan fingerprint density at radius 1 is 1.10 bits per heavy atom. The molecule has 0 aliphatic carbocycles. The lowest BCUT2D eigenvalue weighted by atomic mass is 10.0. The van der Waals surface area contributed by atoms with E-state index in [0.29, 0.717) is 22.6 Å². The summed E-state index contributed by atoms with van der Waals surface area (Å²) in [7, 11) is 1.51. The van der Waals surface area contributed by atoms with Gasteiger partial charge in [-0.05, 0) is 29.8 Å². The normalized spacial score (nSPS) is 10.1. The van der Waals surface area contributed by atoms with Crippen LogP contribution in [-0.4, -0.2) is 23.2 Å². The summed E-state index contributed by atoms with van der Waals surface area (Å²) < 4.78 is 5.29. The van der Waals surface area contributed by atoms with E-state index in [0.717, 1.165) is 0 Å². The molecular formula is C15H15NO4. The maximum absolute atomic E-state index is 11.0. The summed E-state index contributed by atoms with van der Waals surface area (Å²) >= 11 is 0. The van der Waals surface area contributed by atoms with Crippen molar-refractivity contribution in [1.82, 2.24) is 0 Å². The maximum atomic E-state index is 11.0. The zero-order valence-corrected chi connectivity index (χ0v) is 11.2. The molecule has 5 heteroatoms. The van der Waals surface area contributed by atoms with E-state index in [2.05, 4.69) is 5.32 Å². The summed E-state index contributed by atoms with van der Waals surface area (Å²) in [6.45, 7) is 1.42.